The van der Waals surface area contributed by atoms with Gasteiger partial charge in [0.2, 0.25) is 5.91 Å². The van der Waals surface area contributed by atoms with Gasteiger partial charge < -0.3 is 20.1 Å². The van der Waals surface area contributed by atoms with E-state index < -0.39 is 0 Å². The zero-order valence-corrected chi connectivity index (χ0v) is 11.9. The van der Waals surface area contributed by atoms with Crippen LogP contribution in [0.5, 0.6) is 5.75 Å². The third-order valence-corrected chi connectivity index (χ3v) is 3.33. The molecule has 0 saturated carbocycles. The Morgan fingerprint density at radius 3 is 3.05 bits per heavy atom. The van der Waals surface area contributed by atoms with Crippen LogP contribution in [0.4, 0.5) is 5.69 Å². The molecule has 0 aromatic heterocycles. The van der Waals surface area contributed by atoms with Gasteiger partial charge in [-0.3, -0.25) is 4.79 Å². The molecule has 1 aromatic rings. The molecular weight excluding hydrogens is 256 g/mol. The Hall–Kier alpha value is -1.59. The molecule has 20 heavy (non-hydrogen) atoms. The Balaban J connectivity index is 1.67. The minimum Gasteiger partial charge on any atom is -0.495 e. The monoisotopic (exact) mass is 278 g/mol. The summed E-state index contributed by atoms with van der Waals surface area (Å²) in [5.41, 5.74) is 0.695. The molecule has 1 aliphatic rings. The number of methoxy groups -OCH3 is 1. The van der Waals surface area contributed by atoms with Gasteiger partial charge in [-0.2, -0.15) is 0 Å². The Morgan fingerprint density at radius 2 is 2.30 bits per heavy atom. The maximum atomic E-state index is 11.8. The number of carbonyl (C=O) groups excluding carboxylic acids is 1. The Morgan fingerprint density at radius 1 is 1.45 bits per heavy atom. The first-order valence-electron chi connectivity index (χ1n) is 7.05. The van der Waals surface area contributed by atoms with Crippen molar-refractivity contribution in [2.24, 2.45) is 0 Å². The number of hydrogen-bond donors (Lipinski definition) is 2. The van der Waals surface area contributed by atoms with E-state index in [-0.39, 0.29) is 5.91 Å². The fourth-order valence-electron chi connectivity index (χ4n) is 2.28. The van der Waals surface area contributed by atoms with Crippen LogP contribution in [0.25, 0.3) is 0 Å². The van der Waals surface area contributed by atoms with E-state index in [2.05, 4.69) is 10.6 Å². The molecule has 0 spiro atoms. The van der Waals surface area contributed by atoms with Crippen LogP contribution in [-0.4, -0.2) is 38.8 Å². The Labute approximate surface area is 119 Å². The summed E-state index contributed by atoms with van der Waals surface area (Å²) < 4.78 is 10.7. The number of rotatable bonds is 7. The lowest BCUT2D eigenvalue weighted by atomic mass is 10.2. The molecule has 1 fully saturated rings. The molecule has 1 aromatic carbocycles. The van der Waals surface area contributed by atoms with E-state index in [1.165, 1.54) is 0 Å². The predicted molar refractivity (Wildman–Crippen MR) is 78.1 cm³/mol. The van der Waals surface area contributed by atoms with Crippen LogP contribution < -0.4 is 15.4 Å². The number of amides is 1. The van der Waals surface area contributed by atoms with Crippen LogP contribution >= 0.6 is 0 Å². The molecule has 1 saturated heterocycles. The lowest BCUT2D eigenvalue weighted by molar-refractivity contribution is -0.115. The standard InChI is InChI=1S/C15H22N2O3/c1-19-14-7-3-2-6-13(14)17-15(18)11-16-9-8-12-5-4-10-20-12/h2-3,6-7,12,16H,4-5,8-11H2,1H3,(H,17,18). The Kier molecular flexibility index (Phi) is 5.83. The summed E-state index contributed by atoms with van der Waals surface area (Å²) in [7, 11) is 1.59. The van der Waals surface area contributed by atoms with Crippen LogP contribution in [-0.2, 0) is 9.53 Å². The zero-order valence-electron chi connectivity index (χ0n) is 11.9. The van der Waals surface area contributed by atoms with E-state index in [0.29, 0.717) is 24.1 Å². The maximum absolute atomic E-state index is 11.8. The number of anilines is 1. The average molecular weight is 278 g/mol. The van der Waals surface area contributed by atoms with Crippen LogP contribution in [0.2, 0.25) is 0 Å². The van der Waals surface area contributed by atoms with Crippen LogP contribution in [0, 0.1) is 0 Å². The van der Waals surface area contributed by atoms with Crippen molar-refractivity contribution in [3.63, 3.8) is 0 Å². The van der Waals surface area contributed by atoms with Gasteiger partial charge in [-0.05, 0) is 37.9 Å². The number of ether oxygens (including phenoxy) is 2. The second kappa shape index (κ2) is 7.87. The van der Waals surface area contributed by atoms with Gasteiger partial charge in [0.05, 0.1) is 25.4 Å². The molecule has 0 radical (unpaired) electrons. The van der Waals surface area contributed by atoms with E-state index in [4.69, 9.17) is 9.47 Å². The van der Waals surface area contributed by atoms with Gasteiger partial charge in [0.25, 0.3) is 0 Å². The normalized spacial score (nSPS) is 17.9. The van der Waals surface area contributed by atoms with Crippen LogP contribution in [0.15, 0.2) is 24.3 Å². The topological polar surface area (TPSA) is 59.6 Å². The summed E-state index contributed by atoms with van der Waals surface area (Å²) in [5, 5.41) is 5.97. The molecule has 1 unspecified atom stereocenters. The highest BCUT2D eigenvalue weighted by atomic mass is 16.5. The van der Waals surface area contributed by atoms with Crippen molar-refractivity contribution in [2.75, 3.05) is 32.1 Å². The van der Waals surface area contributed by atoms with Crippen molar-refractivity contribution in [2.45, 2.75) is 25.4 Å². The number of benzene rings is 1. The van der Waals surface area contributed by atoms with Crippen molar-refractivity contribution in [1.29, 1.82) is 0 Å². The SMILES string of the molecule is COc1ccccc1NC(=O)CNCCC1CCCO1. The highest BCUT2D eigenvalue weighted by Crippen LogP contribution is 2.22. The average Bonchev–Trinajstić information content (AvgIpc) is 2.97. The van der Waals surface area contributed by atoms with Crippen LogP contribution in [0.1, 0.15) is 19.3 Å². The van der Waals surface area contributed by atoms with E-state index >= 15 is 0 Å². The second-order valence-electron chi connectivity index (χ2n) is 4.85. The van der Waals surface area contributed by atoms with E-state index in [0.717, 1.165) is 32.4 Å². The van der Waals surface area contributed by atoms with Crippen molar-refractivity contribution in [1.82, 2.24) is 5.32 Å². The highest BCUT2D eigenvalue weighted by molar-refractivity contribution is 5.93. The summed E-state index contributed by atoms with van der Waals surface area (Å²) in [5.74, 6) is 0.599. The molecule has 110 valence electrons. The Bertz CT molecular complexity index is 431. The summed E-state index contributed by atoms with van der Waals surface area (Å²) in [4.78, 5) is 11.8. The predicted octanol–water partition coefficient (Wildman–Crippen LogP) is 1.79. The van der Waals surface area contributed by atoms with Crippen LogP contribution in [0.3, 0.4) is 0 Å². The summed E-state index contributed by atoms with van der Waals surface area (Å²) in [6.07, 6.45) is 3.61. The lowest BCUT2D eigenvalue weighted by Crippen LogP contribution is -2.30. The first-order chi connectivity index (χ1) is 9.79. The molecule has 2 N–H and O–H groups in total. The molecule has 2 rings (SSSR count). The largest absolute Gasteiger partial charge is 0.495 e. The minimum absolute atomic E-state index is 0.0677. The highest BCUT2D eigenvalue weighted by Gasteiger charge is 2.14. The molecule has 0 bridgehead atoms. The molecule has 5 nitrogen and oxygen atoms in total. The van der Waals surface area contributed by atoms with Gasteiger partial charge in [-0.1, -0.05) is 12.1 Å². The minimum atomic E-state index is -0.0677. The van der Waals surface area contributed by atoms with Crippen molar-refractivity contribution < 1.29 is 14.3 Å². The van der Waals surface area contributed by atoms with E-state index in [1.54, 1.807) is 7.11 Å². The fraction of sp³-hybridized carbons (Fsp3) is 0.533. The molecule has 1 amide bonds. The van der Waals surface area contributed by atoms with Crippen molar-refractivity contribution in [3.05, 3.63) is 24.3 Å². The third-order valence-electron chi connectivity index (χ3n) is 3.33. The van der Waals surface area contributed by atoms with Gasteiger partial charge in [-0.15, -0.1) is 0 Å². The van der Waals surface area contributed by atoms with Gasteiger partial charge >= 0.3 is 0 Å². The van der Waals surface area contributed by atoms with Crippen molar-refractivity contribution >= 4 is 11.6 Å². The van der Waals surface area contributed by atoms with E-state index in [1.807, 2.05) is 24.3 Å². The number of para-hydroxylation sites is 2. The summed E-state index contributed by atoms with van der Waals surface area (Å²) in [6.45, 7) is 1.97. The molecular formula is C15H22N2O3. The number of hydrogen-bond acceptors (Lipinski definition) is 4. The fourth-order valence-corrected chi connectivity index (χ4v) is 2.28. The second-order valence-corrected chi connectivity index (χ2v) is 4.85. The molecule has 1 atom stereocenters. The van der Waals surface area contributed by atoms with Gasteiger partial charge in [0.1, 0.15) is 5.75 Å². The summed E-state index contributed by atoms with van der Waals surface area (Å²) in [6, 6.07) is 7.38. The smallest absolute Gasteiger partial charge is 0.238 e. The van der Waals surface area contributed by atoms with Gasteiger partial charge in [0, 0.05) is 6.61 Å². The maximum Gasteiger partial charge on any atom is 0.238 e. The van der Waals surface area contributed by atoms with Gasteiger partial charge in [0.15, 0.2) is 0 Å². The first kappa shape index (κ1) is 14.8. The summed E-state index contributed by atoms with van der Waals surface area (Å²) >= 11 is 0. The molecule has 1 aliphatic heterocycles. The van der Waals surface area contributed by atoms with Gasteiger partial charge in [-0.25, -0.2) is 0 Å². The lowest BCUT2D eigenvalue weighted by Gasteiger charge is -2.11. The first-order valence-corrected chi connectivity index (χ1v) is 7.05. The molecule has 1 heterocycles. The number of nitrogens with one attached hydrogen (secondary N) is 2. The quantitative estimate of drug-likeness (QED) is 0.747. The third kappa shape index (κ3) is 4.51. The van der Waals surface area contributed by atoms with E-state index in [9.17, 15) is 4.79 Å². The zero-order chi connectivity index (χ0) is 14.2. The number of carbonyl (C=O) groups is 1. The molecule has 5 heteroatoms. The molecule has 0 aliphatic carbocycles. The van der Waals surface area contributed by atoms with Crippen molar-refractivity contribution in [3.8, 4) is 5.75 Å².